The van der Waals surface area contributed by atoms with Crippen LogP contribution in [-0.2, 0) is 0 Å². The Kier molecular flexibility index (Phi) is 3.46. The second-order valence-electron chi connectivity index (χ2n) is 4.40. The molecule has 0 radical (unpaired) electrons. The Hall–Kier alpha value is -2.43. The first-order valence-electron chi connectivity index (χ1n) is 5.89. The summed E-state index contributed by atoms with van der Waals surface area (Å²) in [6.45, 7) is 5.74. The van der Waals surface area contributed by atoms with Gasteiger partial charge < -0.3 is 10.4 Å². The summed E-state index contributed by atoms with van der Waals surface area (Å²) < 4.78 is 0. The minimum Gasteiger partial charge on any atom is -0.477 e. The van der Waals surface area contributed by atoms with Crippen molar-refractivity contribution >= 4 is 17.6 Å². The maximum absolute atomic E-state index is 11.0. The molecule has 0 aliphatic heterocycles. The number of aryl methyl sites for hydroxylation is 2. The van der Waals surface area contributed by atoms with Crippen molar-refractivity contribution in [3.05, 3.63) is 46.8 Å². The molecular formula is C14H15N3O2. The molecule has 0 aliphatic carbocycles. The minimum atomic E-state index is -1.06. The van der Waals surface area contributed by atoms with E-state index in [1.165, 1.54) is 6.07 Å². The highest BCUT2D eigenvalue weighted by Crippen LogP contribution is 2.21. The summed E-state index contributed by atoms with van der Waals surface area (Å²) in [7, 11) is 0. The average Bonchev–Trinajstić information content (AvgIpc) is 2.34. The molecule has 1 aromatic heterocycles. The minimum absolute atomic E-state index is 0.0136. The molecule has 0 saturated carbocycles. The molecule has 2 aromatic rings. The van der Waals surface area contributed by atoms with Crippen LogP contribution in [0.4, 0.5) is 11.6 Å². The van der Waals surface area contributed by atoms with Crippen LogP contribution in [0.25, 0.3) is 0 Å². The number of carbonyl (C=O) groups is 1. The third-order valence-corrected chi connectivity index (χ3v) is 2.92. The van der Waals surface area contributed by atoms with Crippen molar-refractivity contribution < 1.29 is 9.90 Å². The lowest BCUT2D eigenvalue weighted by Gasteiger charge is -2.10. The van der Waals surface area contributed by atoms with Crippen molar-refractivity contribution in [1.29, 1.82) is 0 Å². The standard InChI is InChI=1S/C14H15N3O2/c1-8-5-4-6-11(10(8)3)16-14-15-9(2)7-12(17-14)13(18)19/h4-7H,1-3H3,(H,18,19)(H,15,16,17). The highest BCUT2D eigenvalue weighted by molar-refractivity contribution is 5.85. The summed E-state index contributed by atoms with van der Waals surface area (Å²) in [5.74, 6) is -0.763. The molecule has 0 spiro atoms. The van der Waals surface area contributed by atoms with Gasteiger partial charge in [0.1, 0.15) is 0 Å². The van der Waals surface area contributed by atoms with Crippen molar-refractivity contribution in [2.24, 2.45) is 0 Å². The quantitative estimate of drug-likeness (QED) is 0.884. The molecule has 19 heavy (non-hydrogen) atoms. The van der Waals surface area contributed by atoms with Crippen LogP contribution in [0.15, 0.2) is 24.3 Å². The predicted molar refractivity (Wildman–Crippen MR) is 72.9 cm³/mol. The van der Waals surface area contributed by atoms with E-state index in [1.54, 1.807) is 6.92 Å². The third kappa shape index (κ3) is 2.88. The Morgan fingerprint density at radius 3 is 2.63 bits per heavy atom. The van der Waals surface area contributed by atoms with Crippen LogP contribution in [0.3, 0.4) is 0 Å². The van der Waals surface area contributed by atoms with Gasteiger partial charge in [-0.05, 0) is 44.0 Å². The Labute approximate surface area is 111 Å². The van der Waals surface area contributed by atoms with E-state index in [1.807, 2.05) is 32.0 Å². The number of carboxylic acids is 1. The largest absolute Gasteiger partial charge is 0.477 e. The summed E-state index contributed by atoms with van der Waals surface area (Å²) in [6, 6.07) is 7.30. The number of hydrogen-bond donors (Lipinski definition) is 2. The van der Waals surface area contributed by atoms with Crippen molar-refractivity contribution in [1.82, 2.24) is 9.97 Å². The van der Waals surface area contributed by atoms with Gasteiger partial charge in [0.25, 0.3) is 0 Å². The van der Waals surface area contributed by atoms with Crippen LogP contribution in [0.2, 0.25) is 0 Å². The van der Waals surface area contributed by atoms with E-state index in [0.29, 0.717) is 11.6 Å². The first kappa shape index (κ1) is 13.0. The lowest BCUT2D eigenvalue weighted by Crippen LogP contribution is -2.07. The van der Waals surface area contributed by atoms with Gasteiger partial charge in [-0.1, -0.05) is 12.1 Å². The first-order valence-corrected chi connectivity index (χ1v) is 5.89. The molecule has 0 unspecified atom stereocenters. The van der Waals surface area contributed by atoms with Crippen molar-refractivity contribution in [2.75, 3.05) is 5.32 Å². The Morgan fingerprint density at radius 1 is 1.21 bits per heavy atom. The van der Waals surface area contributed by atoms with Crippen LogP contribution in [-0.4, -0.2) is 21.0 Å². The number of anilines is 2. The molecule has 0 amide bonds. The number of hydrogen-bond acceptors (Lipinski definition) is 4. The fourth-order valence-corrected chi connectivity index (χ4v) is 1.74. The SMILES string of the molecule is Cc1cc(C(=O)O)nc(Nc2cccc(C)c2C)n1. The molecular weight excluding hydrogens is 242 g/mol. The third-order valence-electron chi connectivity index (χ3n) is 2.92. The highest BCUT2D eigenvalue weighted by Gasteiger charge is 2.09. The van der Waals surface area contributed by atoms with E-state index in [9.17, 15) is 4.79 Å². The van der Waals surface area contributed by atoms with Crippen molar-refractivity contribution in [3.63, 3.8) is 0 Å². The zero-order valence-corrected chi connectivity index (χ0v) is 11.1. The van der Waals surface area contributed by atoms with Gasteiger partial charge in [0, 0.05) is 11.4 Å². The van der Waals surface area contributed by atoms with Crippen LogP contribution in [0, 0.1) is 20.8 Å². The van der Waals surface area contributed by atoms with Crippen LogP contribution in [0.5, 0.6) is 0 Å². The number of carboxylic acid groups (broad SMARTS) is 1. The summed E-state index contributed by atoms with van der Waals surface area (Å²) in [5.41, 5.74) is 3.71. The summed E-state index contributed by atoms with van der Waals surface area (Å²) >= 11 is 0. The molecule has 0 fully saturated rings. The van der Waals surface area contributed by atoms with Gasteiger partial charge in [0.05, 0.1) is 0 Å². The molecule has 2 rings (SSSR count). The summed E-state index contributed by atoms with van der Waals surface area (Å²) in [4.78, 5) is 19.1. The van der Waals surface area contributed by atoms with Gasteiger partial charge in [0.2, 0.25) is 5.95 Å². The lowest BCUT2D eigenvalue weighted by atomic mass is 10.1. The van der Waals surface area contributed by atoms with E-state index in [4.69, 9.17) is 5.11 Å². The van der Waals surface area contributed by atoms with Gasteiger partial charge in [-0.15, -0.1) is 0 Å². The molecule has 0 aliphatic rings. The molecule has 2 N–H and O–H groups in total. The van der Waals surface area contributed by atoms with Crippen LogP contribution in [0.1, 0.15) is 27.3 Å². The number of nitrogens with zero attached hydrogens (tertiary/aromatic N) is 2. The average molecular weight is 257 g/mol. The number of rotatable bonds is 3. The number of aromatic carboxylic acids is 1. The predicted octanol–water partition coefficient (Wildman–Crippen LogP) is 2.84. The molecule has 1 aromatic carbocycles. The lowest BCUT2D eigenvalue weighted by molar-refractivity contribution is 0.0690. The zero-order valence-electron chi connectivity index (χ0n) is 11.1. The summed E-state index contributed by atoms with van der Waals surface area (Å²) in [6.07, 6.45) is 0. The zero-order chi connectivity index (χ0) is 14.0. The topological polar surface area (TPSA) is 75.1 Å². The number of aromatic nitrogens is 2. The van der Waals surface area contributed by atoms with E-state index < -0.39 is 5.97 Å². The Morgan fingerprint density at radius 2 is 1.95 bits per heavy atom. The molecule has 5 heteroatoms. The van der Waals surface area contributed by atoms with Gasteiger partial charge in [-0.3, -0.25) is 0 Å². The summed E-state index contributed by atoms with van der Waals surface area (Å²) in [5, 5.41) is 12.0. The van der Waals surface area contributed by atoms with E-state index in [0.717, 1.165) is 16.8 Å². The smallest absolute Gasteiger partial charge is 0.354 e. The normalized spacial score (nSPS) is 10.3. The Balaban J connectivity index is 2.38. The second-order valence-corrected chi connectivity index (χ2v) is 4.40. The highest BCUT2D eigenvalue weighted by atomic mass is 16.4. The second kappa shape index (κ2) is 5.06. The molecule has 0 saturated heterocycles. The molecule has 5 nitrogen and oxygen atoms in total. The van der Waals surface area contributed by atoms with Gasteiger partial charge in [-0.25, -0.2) is 14.8 Å². The molecule has 0 bridgehead atoms. The van der Waals surface area contributed by atoms with Crippen LogP contribution >= 0.6 is 0 Å². The number of nitrogens with one attached hydrogen (secondary N) is 1. The monoisotopic (exact) mass is 257 g/mol. The maximum atomic E-state index is 11.0. The fraction of sp³-hybridized carbons (Fsp3) is 0.214. The maximum Gasteiger partial charge on any atom is 0.354 e. The van der Waals surface area contributed by atoms with Gasteiger partial charge >= 0.3 is 5.97 Å². The first-order chi connectivity index (χ1) is 8.97. The van der Waals surface area contributed by atoms with E-state index >= 15 is 0 Å². The van der Waals surface area contributed by atoms with Gasteiger partial charge in [-0.2, -0.15) is 0 Å². The van der Waals surface area contributed by atoms with Crippen molar-refractivity contribution in [3.8, 4) is 0 Å². The molecule has 98 valence electrons. The van der Waals surface area contributed by atoms with Crippen LogP contribution < -0.4 is 5.32 Å². The number of benzene rings is 1. The van der Waals surface area contributed by atoms with E-state index in [-0.39, 0.29) is 5.69 Å². The fourth-order valence-electron chi connectivity index (χ4n) is 1.74. The van der Waals surface area contributed by atoms with E-state index in [2.05, 4.69) is 15.3 Å². The van der Waals surface area contributed by atoms with Gasteiger partial charge in [0.15, 0.2) is 5.69 Å². The Bertz CT molecular complexity index is 639. The molecule has 0 atom stereocenters. The van der Waals surface area contributed by atoms with Crippen molar-refractivity contribution in [2.45, 2.75) is 20.8 Å². The molecule has 1 heterocycles.